The van der Waals surface area contributed by atoms with Gasteiger partial charge in [-0.15, -0.1) is 0 Å². The van der Waals surface area contributed by atoms with E-state index in [1.807, 2.05) is 0 Å². The number of carbonyl (C=O) groups is 4. The van der Waals surface area contributed by atoms with Gasteiger partial charge in [0, 0.05) is 6.54 Å². The molecule has 0 heterocycles. The standard InChI is InChI=1S/C16H30N4O6Si/c1-9(2)11(19-15(25)26-16(3,4)5)12(21)20-27-10(13(22)23)7-6-8-18-14(17)24/h9-11H,6-8H2,1-5H3,(H,19,25)(H,20,21)(H,22,23)(H3,17,18,24)/t10-,11-/m0/s1. The maximum atomic E-state index is 12.4. The van der Waals surface area contributed by atoms with E-state index in [0.717, 1.165) is 0 Å². The van der Waals surface area contributed by atoms with Gasteiger partial charge in [0.2, 0.25) is 5.91 Å². The lowest BCUT2D eigenvalue weighted by atomic mass is 10.0. The third-order valence-electron chi connectivity index (χ3n) is 3.26. The second-order valence-electron chi connectivity index (χ2n) is 7.33. The van der Waals surface area contributed by atoms with Crippen LogP contribution in [0, 0.1) is 5.92 Å². The molecule has 0 aromatic rings. The molecule has 154 valence electrons. The van der Waals surface area contributed by atoms with Gasteiger partial charge in [0.15, 0.2) is 9.68 Å². The van der Waals surface area contributed by atoms with E-state index in [9.17, 15) is 24.3 Å². The van der Waals surface area contributed by atoms with E-state index in [4.69, 9.17) is 10.5 Å². The lowest BCUT2D eigenvalue weighted by Gasteiger charge is -2.25. The number of amides is 4. The number of nitrogens with one attached hydrogen (secondary N) is 3. The number of alkyl carbamates (subject to hydrolysis) is 1. The molecule has 2 atom stereocenters. The molecular weight excluding hydrogens is 372 g/mol. The fourth-order valence-corrected chi connectivity index (χ4v) is 2.92. The molecule has 0 aromatic heterocycles. The Labute approximate surface area is 161 Å². The maximum Gasteiger partial charge on any atom is 0.408 e. The van der Waals surface area contributed by atoms with Crippen molar-refractivity contribution in [1.82, 2.24) is 15.6 Å². The number of rotatable bonds is 10. The van der Waals surface area contributed by atoms with E-state index in [0.29, 0.717) is 6.42 Å². The summed E-state index contributed by atoms with van der Waals surface area (Å²) in [6.45, 7) is 8.91. The highest BCUT2D eigenvalue weighted by Gasteiger charge is 2.28. The molecule has 0 bridgehead atoms. The number of aliphatic carboxylic acids is 1. The van der Waals surface area contributed by atoms with Gasteiger partial charge in [-0.05, 0) is 39.5 Å². The Morgan fingerprint density at radius 1 is 1.19 bits per heavy atom. The summed E-state index contributed by atoms with van der Waals surface area (Å²) in [5.41, 5.74) is 3.45. The largest absolute Gasteiger partial charge is 0.481 e. The summed E-state index contributed by atoms with van der Waals surface area (Å²) >= 11 is 0. The smallest absolute Gasteiger partial charge is 0.408 e. The van der Waals surface area contributed by atoms with Gasteiger partial charge in [-0.25, -0.2) is 9.59 Å². The van der Waals surface area contributed by atoms with Gasteiger partial charge in [-0.1, -0.05) is 13.8 Å². The predicted octanol–water partition coefficient (Wildman–Crippen LogP) is 0.593. The summed E-state index contributed by atoms with van der Waals surface area (Å²) in [7, 11) is -0.374. The number of urea groups is 1. The molecule has 0 aliphatic rings. The Morgan fingerprint density at radius 3 is 2.22 bits per heavy atom. The van der Waals surface area contributed by atoms with Crippen LogP contribution in [0.3, 0.4) is 0 Å². The number of hydrogen-bond acceptors (Lipinski definition) is 5. The van der Waals surface area contributed by atoms with Crippen molar-refractivity contribution in [1.29, 1.82) is 0 Å². The molecule has 0 saturated carbocycles. The first kappa shape index (κ1) is 24.7. The number of carbonyl (C=O) groups excluding carboxylic acids is 3. The number of nitrogens with two attached hydrogens (primary N) is 1. The average molecular weight is 403 g/mol. The van der Waals surface area contributed by atoms with Gasteiger partial charge in [-0.3, -0.25) is 9.59 Å². The molecule has 11 heteroatoms. The van der Waals surface area contributed by atoms with Crippen molar-refractivity contribution < 1.29 is 29.0 Å². The Kier molecular flexibility index (Phi) is 10.4. The summed E-state index contributed by atoms with van der Waals surface area (Å²) < 4.78 is 5.15. The van der Waals surface area contributed by atoms with Gasteiger partial charge < -0.3 is 31.2 Å². The van der Waals surface area contributed by atoms with Gasteiger partial charge in [-0.2, -0.15) is 0 Å². The minimum atomic E-state index is -1.05. The number of carboxylic acid groups (broad SMARTS) is 1. The Bertz CT molecular complexity index is 535. The summed E-state index contributed by atoms with van der Waals surface area (Å²) in [6.07, 6.45) is -0.0424. The van der Waals surface area contributed by atoms with Crippen molar-refractivity contribution in [2.75, 3.05) is 6.54 Å². The average Bonchev–Trinajstić information content (AvgIpc) is 2.48. The Morgan fingerprint density at radius 2 is 1.78 bits per heavy atom. The van der Waals surface area contributed by atoms with E-state index < -0.39 is 41.2 Å². The van der Waals surface area contributed by atoms with E-state index >= 15 is 0 Å². The molecule has 0 rings (SSSR count). The third kappa shape index (κ3) is 11.8. The summed E-state index contributed by atoms with van der Waals surface area (Å²) in [5, 5.41) is 14.2. The SMILES string of the molecule is CC(C)[C@H](NC(=O)OC(C)(C)C)C(=O)N[Si][C@@H](CCCNC(N)=O)C(=O)O. The van der Waals surface area contributed by atoms with E-state index in [2.05, 4.69) is 15.6 Å². The van der Waals surface area contributed by atoms with E-state index in [1.54, 1.807) is 34.6 Å². The van der Waals surface area contributed by atoms with Crippen LogP contribution in [-0.2, 0) is 14.3 Å². The first-order chi connectivity index (χ1) is 12.3. The van der Waals surface area contributed by atoms with E-state index in [1.165, 1.54) is 0 Å². The number of hydrogen-bond donors (Lipinski definition) is 5. The molecule has 0 fully saturated rings. The van der Waals surface area contributed by atoms with Gasteiger partial charge in [0.05, 0.1) is 5.54 Å². The normalized spacial score (nSPS) is 13.4. The van der Waals surface area contributed by atoms with Crippen molar-refractivity contribution in [3.63, 3.8) is 0 Å². The lowest BCUT2D eigenvalue weighted by Crippen LogP contribution is -2.52. The fourth-order valence-electron chi connectivity index (χ4n) is 1.98. The fraction of sp³-hybridized carbons (Fsp3) is 0.750. The minimum absolute atomic E-state index is 0.217. The maximum absolute atomic E-state index is 12.4. The summed E-state index contributed by atoms with van der Waals surface area (Å²) in [4.78, 5) is 48.8. The van der Waals surface area contributed by atoms with Crippen molar-refractivity contribution in [2.45, 2.75) is 64.6 Å². The highest BCUT2D eigenvalue weighted by molar-refractivity contribution is 6.44. The van der Waals surface area contributed by atoms with Crippen LogP contribution in [-0.4, -0.2) is 57.0 Å². The summed E-state index contributed by atoms with van der Waals surface area (Å²) in [6, 6.07) is -1.52. The van der Waals surface area contributed by atoms with Crippen LogP contribution in [0.15, 0.2) is 0 Å². The van der Waals surface area contributed by atoms with Gasteiger partial charge in [0.25, 0.3) is 0 Å². The van der Waals surface area contributed by atoms with Crippen molar-refractivity contribution >= 4 is 33.7 Å². The lowest BCUT2D eigenvalue weighted by molar-refractivity contribution is -0.137. The quantitative estimate of drug-likeness (QED) is 0.265. The van der Waals surface area contributed by atoms with Crippen LogP contribution in [0.25, 0.3) is 0 Å². The molecule has 0 aliphatic carbocycles. The highest BCUT2D eigenvalue weighted by atomic mass is 28.2. The van der Waals surface area contributed by atoms with E-state index in [-0.39, 0.29) is 28.6 Å². The minimum Gasteiger partial charge on any atom is -0.481 e. The van der Waals surface area contributed by atoms with Crippen molar-refractivity contribution in [3.8, 4) is 0 Å². The zero-order chi connectivity index (χ0) is 21.2. The van der Waals surface area contributed by atoms with Gasteiger partial charge >= 0.3 is 18.1 Å². The molecule has 0 unspecified atom stereocenters. The van der Waals surface area contributed by atoms with Crippen LogP contribution in [0.1, 0.15) is 47.5 Å². The molecule has 27 heavy (non-hydrogen) atoms. The number of ether oxygens (including phenoxy) is 1. The first-order valence-corrected chi connectivity index (χ1v) is 9.72. The Balaban J connectivity index is 4.65. The molecule has 0 aromatic carbocycles. The monoisotopic (exact) mass is 402 g/mol. The molecule has 2 radical (unpaired) electrons. The Hall–Kier alpha value is -2.30. The zero-order valence-corrected chi connectivity index (χ0v) is 17.4. The van der Waals surface area contributed by atoms with Crippen LogP contribution in [0.4, 0.5) is 9.59 Å². The topological polar surface area (TPSA) is 160 Å². The van der Waals surface area contributed by atoms with Crippen LogP contribution in [0.2, 0.25) is 5.54 Å². The number of primary amides is 1. The van der Waals surface area contributed by atoms with Gasteiger partial charge in [0.1, 0.15) is 11.6 Å². The van der Waals surface area contributed by atoms with Crippen LogP contribution in [0.5, 0.6) is 0 Å². The molecular formula is C16H30N4O6Si. The second-order valence-corrected chi connectivity index (χ2v) is 8.56. The zero-order valence-electron chi connectivity index (χ0n) is 16.4. The van der Waals surface area contributed by atoms with Crippen molar-refractivity contribution in [2.24, 2.45) is 11.7 Å². The van der Waals surface area contributed by atoms with Crippen LogP contribution >= 0.6 is 0 Å². The number of carboxylic acids is 1. The molecule has 0 saturated heterocycles. The third-order valence-corrected chi connectivity index (χ3v) is 4.53. The molecule has 6 N–H and O–H groups in total. The van der Waals surface area contributed by atoms with Crippen molar-refractivity contribution in [3.05, 3.63) is 0 Å². The van der Waals surface area contributed by atoms with Crippen LogP contribution < -0.4 is 21.3 Å². The molecule has 4 amide bonds. The molecule has 0 spiro atoms. The summed E-state index contributed by atoms with van der Waals surface area (Å²) in [5.74, 6) is -1.74. The highest BCUT2D eigenvalue weighted by Crippen LogP contribution is 2.12. The second kappa shape index (κ2) is 11.4. The first-order valence-electron chi connectivity index (χ1n) is 8.64. The molecule has 0 aliphatic heterocycles. The predicted molar refractivity (Wildman–Crippen MR) is 100 cm³/mol. The molecule has 10 nitrogen and oxygen atoms in total.